The molecule has 2 fully saturated rings. The molecular formula is C39H50N6O10S. The number of non-ortho nitro benzene ring substituents is 1. The van der Waals surface area contributed by atoms with E-state index in [1.54, 1.807) is 0 Å². The number of carbonyl (C=O) groups excluding carboxylic acids is 3. The Morgan fingerprint density at radius 2 is 1.66 bits per heavy atom. The lowest BCUT2D eigenvalue weighted by molar-refractivity contribution is -0.394. The molecule has 1 aromatic heterocycles. The van der Waals surface area contributed by atoms with Crippen molar-refractivity contribution >= 4 is 44.8 Å². The van der Waals surface area contributed by atoms with Crippen LogP contribution >= 0.6 is 0 Å². The zero-order valence-electron chi connectivity index (χ0n) is 31.9. The summed E-state index contributed by atoms with van der Waals surface area (Å²) < 4.78 is 27.2. The van der Waals surface area contributed by atoms with Gasteiger partial charge in [-0.05, 0) is 64.0 Å². The molecule has 0 saturated heterocycles. The van der Waals surface area contributed by atoms with E-state index in [-0.39, 0.29) is 47.8 Å². The van der Waals surface area contributed by atoms with Gasteiger partial charge in [0.2, 0.25) is 17.8 Å². The summed E-state index contributed by atoms with van der Waals surface area (Å²) in [6.07, 6.45) is 6.39. The average molecular weight is 795 g/mol. The van der Waals surface area contributed by atoms with Crippen molar-refractivity contribution < 1.29 is 37.8 Å². The van der Waals surface area contributed by atoms with E-state index < -0.39 is 71.4 Å². The number of nitro groups is 2. The van der Waals surface area contributed by atoms with E-state index in [4.69, 9.17) is 0 Å². The first kappa shape index (κ1) is 42.1. The minimum Gasteiger partial charge on any atom is -0.383 e. The van der Waals surface area contributed by atoms with Crippen molar-refractivity contribution in [3.05, 3.63) is 86.2 Å². The zero-order valence-corrected chi connectivity index (χ0v) is 32.7. The molecule has 0 radical (unpaired) electrons. The molecule has 3 N–H and O–H groups in total. The highest BCUT2D eigenvalue weighted by Crippen LogP contribution is 2.35. The maximum Gasteiger partial charge on any atom is 0.300 e. The number of Topliss-reactive ketones (excluding diaryl/α,β-unsaturated/α-hetero) is 1. The van der Waals surface area contributed by atoms with E-state index >= 15 is 0 Å². The highest BCUT2D eigenvalue weighted by molar-refractivity contribution is 7.92. The third-order valence-electron chi connectivity index (χ3n) is 10.6. The number of hydrogen-bond acceptors (Lipinski definition) is 11. The number of nitro benzene ring substituents is 2. The Balaban J connectivity index is 1.50. The van der Waals surface area contributed by atoms with Crippen molar-refractivity contribution in [3.8, 4) is 5.69 Å². The first-order valence-electron chi connectivity index (χ1n) is 19.0. The van der Waals surface area contributed by atoms with Crippen molar-refractivity contribution in [2.45, 2.75) is 108 Å². The molecule has 16 nitrogen and oxygen atoms in total. The van der Waals surface area contributed by atoms with Crippen LogP contribution in [0.25, 0.3) is 5.69 Å². The normalized spacial score (nSPS) is 16.7. The number of sulfone groups is 1. The first-order chi connectivity index (χ1) is 26.4. The van der Waals surface area contributed by atoms with Gasteiger partial charge >= 0.3 is 0 Å². The Bertz CT molecular complexity index is 2040. The van der Waals surface area contributed by atoms with Gasteiger partial charge in [0.05, 0.1) is 44.1 Å². The summed E-state index contributed by atoms with van der Waals surface area (Å²) in [5.41, 5.74) is -0.401. The highest BCUT2D eigenvalue weighted by atomic mass is 32.2. The standard InChI is InChI=1S/C39H50N6O10S/c1-39(2,3)56(54,55)24-28(37(49)41-31(20-26-12-8-5-9-13-26)36(48)35(47)27-15-16-27)21-29-23-43(32-18-17-30(44(50)51)22-33(32)45(52)53)38(40-29)42-34(46)19-14-25-10-6-4-7-11-25/h4,6-7,10-11,17-18,22-23,26-28,31,36,48H,5,8-9,12-16,19-21,24H2,1-3H3,(H,41,49)(H,40,42,46)/t28?,31-,36+/m0/s1. The Hall–Kier alpha value is -5.03. The number of rotatable bonds is 18. The quantitative estimate of drug-likeness (QED) is 0.109. The maximum absolute atomic E-state index is 14.3. The predicted molar refractivity (Wildman–Crippen MR) is 208 cm³/mol. The fourth-order valence-corrected chi connectivity index (χ4v) is 8.31. The molecule has 56 heavy (non-hydrogen) atoms. The molecule has 302 valence electrons. The summed E-state index contributed by atoms with van der Waals surface area (Å²) in [5.74, 6) is -3.79. The Morgan fingerprint density at radius 3 is 2.27 bits per heavy atom. The van der Waals surface area contributed by atoms with Crippen LogP contribution in [-0.4, -0.2) is 73.2 Å². The molecule has 1 unspecified atom stereocenters. The third kappa shape index (κ3) is 10.8. The SMILES string of the molecule is CC(C)(C)S(=O)(=O)CC(Cc1cn(-c2ccc([N+](=O)[O-])cc2[N+](=O)[O-])c(NC(=O)CCc2ccccc2)n1)C(=O)N[C@@H](CC1CCCCC1)[C@@H](O)C(=O)C1CC1. The van der Waals surface area contributed by atoms with Crippen LogP contribution in [0.4, 0.5) is 17.3 Å². The Labute approximate surface area is 325 Å². The van der Waals surface area contributed by atoms with E-state index in [0.29, 0.717) is 25.7 Å². The van der Waals surface area contributed by atoms with Crippen molar-refractivity contribution in [1.29, 1.82) is 0 Å². The molecule has 0 bridgehead atoms. The molecule has 0 aliphatic heterocycles. The zero-order chi connectivity index (χ0) is 40.8. The summed E-state index contributed by atoms with van der Waals surface area (Å²) in [4.78, 5) is 67.2. The van der Waals surface area contributed by atoms with Gasteiger partial charge in [-0.3, -0.25) is 44.5 Å². The lowest BCUT2D eigenvalue weighted by Crippen LogP contribution is -2.51. The minimum atomic E-state index is -3.95. The van der Waals surface area contributed by atoms with Crippen LogP contribution in [0.15, 0.2) is 54.7 Å². The molecule has 17 heteroatoms. The van der Waals surface area contributed by atoms with Gasteiger partial charge in [0.15, 0.2) is 15.6 Å². The summed E-state index contributed by atoms with van der Waals surface area (Å²) in [5, 5.41) is 40.4. The number of aryl methyl sites for hydroxylation is 1. The number of amides is 2. The molecule has 1 heterocycles. The van der Waals surface area contributed by atoms with Crippen molar-refractivity contribution in [2.24, 2.45) is 17.8 Å². The highest BCUT2D eigenvalue weighted by Gasteiger charge is 2.41. The smallest absolute Gasteiger partial charge is 0.300 e. The molecule has 2 aromatic carbocycles. The molecule has 0 spiro atoms. The Morgan fingerprint density at radius 1 is 0.982 bits per heavy atom. The number of nitrogens with zero attached hydrogens (tertiary/aromatic N) is 4. The summed E-state index contributed by atoms with van der Waals surface area (Å²) >= 11 is 0. The number of benzene rings is 2. The largest absolute Gasteiger partial charge is 0.383 e. The van der Waals surface area contributed by atoms with E-state index in [1.807, 2.05) is 30.3 Å². The van der Waals surface area contributed by atoms with Gasteiger partial charge in [0, 0.05) is 31.0 Å². The monoisotopic (exact) mass is 794 g/mol. The number of nitrogens with one attached hydrogen (secondary N) is 2. The van der Waals surface area contributed by atoms with Crippen molar-refractivity contribution in [2.75, 3.05) is 11.1 Å². The summed E-state index contributed by atoms with van der Waals surface area (Å²) in [6.45, 7) is 4.52. The van der Waals surface area contributed by atoms with Crippen LogP contribution < -0.4 is 10.6 Å². The second-order valence-corrected chi connectivity index (χ2v) is 18.7. The number of aliphatic hydroxyl groups excluding tert-OH is 1. The van der Waals surface area contributed by atoms with E-state index in [1.165, 1.54) is 31.5 Å². The number of aliphatic hydroxyl groups is 1. The lowest BCUT2D eigenvalue weighted by Gasteiger charge is -2.31. The van der Waals surface area contributed by atoms with E-state index in [2.05, 4.69) is 15.6 Å². The minimum absolute atomic E-state index is 0.00764. The molecule has 3 atom stereocenters. The van der Waals surface area contributed by atoms with Gasteiger partial charge in [-0.25, -0.2) is 13.4 Å². The average Bonchev–Trinajstić information content (AvgIpc) is 3.93. The van der Waals surface area contributed by atoms with Gasteiger partial charge in [-0.1, -0.05) is 62.4 Å². The fraction of sp³-hybridized carbons (Fsp3) is 0.538. The van der Waals surface area contributed by atoms with Gasteiger partial charge < -0.3 is 10.4 Å². The van der Waals surface area contributed by atoms with Gasteiger partial charge in [-0.15, -0.1) is 0 Å². The van der Waals surface area contributed by atoms with Crippen molar-refractivity contribution in [3.63, 3.8) is 0 Å². The molecule has 2 amide bonds. The second-order valence-electron chi connectivity index (χ2n) is 15.9. The second kappa shape index (κ2) is 17.8. The Kier molecular flexibility index (Phi) is 13.4. The summed E-state index contributed by atoms with van der Waals surface area (Å²) in [7, 11) is -3.95. The van der Waals surface area contributed by atoms with Crippen LogP contribution in [0.1, 0.15) is 89.8 Å². The number of hydrogen-bond donors (Lipinski definition) is 3. The van der Waals surface area contributed by atoms with Crippen LogP contribution in [0.3, 0.4) is 0 Å². The molecule has 2 aliphatic carbocycles. The van der Waals surface area contributed by atoms with Crippen LogP contribution in [0, 0.1) is 38.0 Å². The molecule has 2 saturated carbocycles. The number of imidazole rings is 1. The van der Waals surface area contributed by atoms with E-state index in [9.17, 15) is 48.1 Å². The molecule has 3 aromatic rings. The van der Waals surface area contributed by atoms with E-state index in [0.717, 1.165) is 55.9 Å². The maximum atomic E-state index is 14.3. The molecule has 5 rings (SSSR count). The predicted octanol–water partition coefficient (Wildman–Crippen LogP) is 5.43. The van der Waals surface area contributed by atoms with Crippen LogP contribution in [-0.2, 0) is 37.1 Å². The number of carbonyl (C=O) groups is 3. The number of aromatic nitrogens is 2. The lowest BCUT2D eigenvalue weighted by atomic mass is 9.82. The van der Waals surface area contributed by atoms with Gasteiger partial charge in [0.1, 0.15) is 11.8 Å². The van der Waals surface area contributed by atoms with Gasteiger partial charge in [0.25, 0.3) is 11.4 Å². The fourth-order valence-electron chi connectivity index (χ4n) is 7.02. The molecular weight excluding hydrogens is 745 g/mol. The third-order valence-corrected chi connectivity index (χ3v) is 13.3. The number of ketones is 1. The van der Waals surface area contributed by atoms with Crippen LogP contribution in [0.5, 0.6) is 0 Å². The summed E-state index contributed by atoms with van der Waals surface area (Å²) in [6, 6.07) is 11.2. The topological polar surface area (TPSA) is 234 Å². The van der Waals surface area contributed by atoms with Gasteiger partial charge in [-0.2, -0.15) is 0 Å². The number of anilines is 1. The first-order valence-corrected chi connectivity index (χ1v) is 20.7. The van der Waals surface area contributed by atoms with Crippen LogP contribution in [0.2, 0.25) is 0 Å². The van der Waals surface area contributed by atoms with Crippen molar-refractivity contribution in [1.82, 2.24) is 14.9 Å². The molecule has 2 aliphatic rings.